The SMILES string of the molecule is NC(=O)[C@@H](N[C@H]1CCN(CC(F)(F)F)C1)c1ccccc1. The van der Waals surface area contributed by atoms with Gasteiger partial charge in [-0.2, -0.15) is 13.2 Å². The Morgan fingerprint density at radius 3 is 2.62 bits per heavy atom. The zero-order valence-electron chi connectivity index (χ0n) is 11.4. The summed E-state index contributed by atoms with van der Waals surface area (Å²) >= 11 is 0. The van der Waals surface area contributed by atoms with Crippen molar-refractivity contribution in [3.8, 4) is 0 Å². The highest BCUT2D eigenvalue weighted by atomic mass is 19.4. The van der Waals surface area contributed by atoms with E-state index in [0.717, 1.165) is 5.56 Å². The molecule has 0 aromatic heterocycles. The van der Waals surface area contributed by atoms with Crippen molar-refractivity contribution in [2.75, 3.05) is 19.6 Å². The highest BCUT2D eigenvalue weighted by Crippen LogP contribution is 2.21. The summed E-state index contributed by atoms with van der Waals surface area (Å²) in [6, 6.07) is 8.08. The van der Waals surface area contributed by atoms with Crippen LogP contribution in [0.1, 0.15) is 18.0 Å². The molecule has 1 saturated heterocycles. The standard InChI is InChI=1S/C14H18F3N3O/c15-14(16,17)9-20-7-6-11(8-20)19-12(13(18)21)10-4-2-1-3-5-10/h1-5,11-12,19H,6-9H2,(H2,18,21)/t11-,12-/m0/s1. The van der Waals surface area contributed by atoms with Crippen molar-refractivity contribution < 1.29 is 18.0 Å². The molecule has 0 aliphatic carbocycles. The summed E-state index contributed by atoms with van der Waals surface area (Å²) in [5.41, 5.74) is 6.11. The minimum Gasteiger partial charge on any atom is -0.368 e. The third-order valence-corrected chi connectivity index (χ3v) is 3.50. The van der Waals surface area contributed by atoms with Gasteiger partial charge in [0.25, 0.3) is 0 Å². The molecular formula is C14H18F3N3O. The number of hydrogen-bond acceptors (Lipinski definition) is 3. The molecule has 1 aliphatic rings. The van der Waals surface area contributed by atoms with Gasteiger partial charge in [0.05, 0.1) is 6.54 Å². The van der Waals surface area contributed by atoms with Crippen molar-refractivity contribution in [1.82, 2.24) is 10.2 Å². The molecule has 1 aliphatic heterocycles. The van der Waals surface area contributed by atoms with Gasteiger partial charge >= 0.3 is 6.18 Å². The Morgan fingerprint density at radius 1 is 1.38 bits per heavy atom. The van der Waals surface area contributed by atoms with Crippen molar-refractivity contribution in [1.29, 1.82) is 0 Å². The first-order valence-corrected chi connectivity index (χ1v) is 6.74. The first-order valence-electron chi connectivity index (χ1n) is 6.74. The van der Waals surface area contributed by atoms with Crippen LogP contribution in [-0.4, -0.2) is 42.7 Å². The van der Waals surface area contributed by atoms with Crippen LogP contribution in [-0.2, 0) is 4.79 Å². The van der Waals surface area contributed by atoms with Crippen molar-refractivity contribution in [3.05, 3.63) is 35.9 Å². The second kappa shape index (κ2) is 6.44. The van der Waals surface area contributed by atoms with Gasteiger partial charge in [-0.25, -0.2) is 0 Å². The van der Waals surface area contributed by atoms with Gasteiger partial charge in [0, 0.05) is 19.1 Å². The van der Waals surface area contributed by atoms with Gasteiger partial charge < -0.3 is 5.73 Å². The van der Waals surface area contributed by atoms with Gasteiger partial charge in [0.15, 0.2) is 0 Å². The molecule has 21 heavy (non-hydrogen) atoms. The van der Waals surface area contributed by atoms with Crippen LogP contribution < -0.4 is 11.1 Å². The third-order valence-electron chi connectivity index (χ3n) is 3.50. The summed E-state index contributed by atoms with van der Waals surface area (Å²) in [5, 5.41) is 3.06. The van der Waals surface area contributed by atoms with Gasteiger partial charge in [-0.1, -0.05) is 30.3 Å². The number of carbonyl (C=O) groups excluding carboxylic acids is 1. The number of amides is 1. The number of primary amides is 1. The van der Waals surface area contributed by atoms with E-state index in [4.69, 9.17) is 5.73 Å². The Balaban J connectivity index is 1.95. The molecule has 0 saturated carbocycles. The van der Waals surface area contributed by atoms with E-state index in [1.165, 1.54) is 4.90 Å². The predicted octanol–water partition coefficient (Wildman–Crippen LogP) is 1.44. The van der Waals surface area contributed by atoms with Crippen LogP contribution in [0.3, 0.4) is 0 Å². The summed E-state index contributed by atoms with van der Waals surface area (Å²) in [6.45, 7) is -0.300. The number of hydrogen-bond donors (Lipinski definition) is 2. The lowest BCUT2D eigenvalue weighted by Crippen LogP contribution is -2.42. The molecule has 0 spiro atoms. The predicted molar refractivity (Wildman–Crippen MR) is 72.4 cm³/mol. The highest BCUT2D eigenvalue weighted by Gasteiger charge is 2.35. The zero-order valence-corrected chi connectivity index (χ0v) is 11.4. The maximum Gasteiger partial charge on any atom is 0.401 e. The number of nitrogens with zero attached hydrogens (tertiary/aromatic N) is 1. The maximum atomic E-state index is 12.4. The number of benzene rings is 1. The Hall–Kier alpha value is -1.60. The smallest absolute Gasteiger partial charge is 0.368 e. The van der Waals surface area contributed by atoms with Crippen molar-refractivity contribution in [2.45, 2.75) is 24.7 Å². The molecule has 3 N–H and O–H groups in total. The minimum absolute atomic E-state index is 0.176. The van der Waals surface area contributed by atoms with Crippen molar-refractivity contribution in [3.63, 3.8) is 0 Å². The molecule has 0 bridgehead atoms. The molecular weight excluding hydrogens is 283 g/mol. The molecule has 0 radical (unpaired) electrons. The summed E-state index contributed by atoms with van der Waals surface area (Å²) in [4.78, 5) is 12.9. The first kappa shape index (κ1) is 15.8. The largest absolute Gasteiger partial charge is 0.401 e. The average molecular weight is 301 g/mol. The third kappa shape index (κ3) is 4.71. The second-order valence-electron chi connectivity index (χ2n) is 5.25. The zero-order chi connectivity index (χ0) is 15.5. The molecule has 0 unspecified atom stereocenters. The van der Waals surface area contributed by atoms with E-state index in [1.54, 1.807) is 24.3 Å². The van der Waals surface area contributed by atoms with Crippen LogP contribution in [0.4, 0.5) is 13.2 Å². The van der Waals surface area contributed by atoms with E-state index in [0.29, 0.717) is 13.0 Å². The van der Waals surface area contributed by atoms with Gasteiger partial charge in [-0.3, -0.25) is 15.0 Å². The number of alkyl halides is 3. The molecule has 1 aromatic carbocycles. The number of nitrogens with two attached hydrogens (primary N) is 1. The molecule has 2 atom stereocenters. The molecule has 2 rings (SSSR count). The number of carbonyl (C=O) groups is 1. The lowest BCUT2D eigenvalue weighted by molar-refractivity contribution is -0.143. The Bertz CT molecular complexity index is 478. The fourth-order valence-electron chi connectivity index (χ4n) is 2.59. The molecule has 7 heteroatoms. The number of rotatable bonds is 5. The summed E-state index contributed by atoms with van der Waals surface area (Å²) in [7, 11) is 0. The van der Waals surface area contributed by atoms with Gasteiger partial charge in [0.2, 0.25) is 5.91 Å². The maximum absolute atomic E-state index is 12.4. The van der Waals surface area contributed by atoms with Gasteiger partial charge in [-0.15, -0.1) is 0 Å². The van der Waals surface area contributed by atoms with Gasteiger partial charge in [0.1, 0.15) is 6.04 Å². The Labute approximate surface area is 121 Å². The number of likely N-dealkylation sites (tertiary alicyclic amines) is 1. The molecule has 1 aromatic rings. The summed E-state index contributed by atoms with van der Waals surface area (Å²) in [6.07, 6.45) is -3.63. The monoisotopic (exact) mass is 301 g/mol. The average Bonchev–Trinajstić information content (AvgIpc) is 2.81. The van der Waals surface area contributed by atoms with E-state index >= 15 is 0 Å². The fraction of sp³-hybridized carbons (Fsp3) is 0.500. The van der Waals surface area contributed by atoms with E-state index in [2.05, 4.69) is 5.32 Å². The van der Waals surface area contributed by atoms with Crippen LogP contribution in [0.5, 0.6) is 0 Å². The van der Waals surface area contributed by atoms with Crippen LogP contribution in [0, 0.1) is 0 Å². The van der Waals surface area contributed by atoms with Crippen LogP contribution in [0.15, 0.2) is 30.3 Å². The lowest BCUT2D eigenvalue weighted by atomic mass is 10.1. The highest BCUT2D eigenvalue weighted by molar-refractivity contribution is 5.81. The quantitative estimate of drug-likeness (QED) is 0.865. The minimum atomic E-state index is -4.20. The lowest BCUT2D eigenvalue weighted by Gasteiger charge is -2.22. The topological polar surface area (TPSA) is 58.4 Å². The van der Waals surface area contributed by atoms with Crippen LogP contribution in [0.2, 0.25) is 0 Å². The van der Waals surface area contributed by atoms with Crippen molar-refractivity contribution in [2.24, 2.45) is 5.73 Å². The molecule has 116 valence electrons. The van der Waals surface area contributed by atoms with Crippen LogP contribution >= 0.6 is 0 Å². The van der Waals surface area contributed by atoms with Crippen LogP contribution in [0.25, 0.3) is 0 Å². The normalized spacial score (nSPS) is 21.4. The fourth-order valence-corrected chi connectivity index (χ4v) is 2.59. The second-order valence-corrected chi connectivity index (χ2v) is 5.25. The van der Waals surface area contributed by atoms with E-state index in [9.17, 15) is 18.0 Å². The number of nitrogens with one attached hydrogen (secondary N) is 1. The first-order chi connectivity index (χ1) is 9.85. The summed E-state index contributed by atoms with van der Waals surface area (Å²) < 4.78 is 37.1. The molecule has 1 amide bonds. The van der Waals surface area contributed by atoms with Crippen molar-refractivity contribution >= 4 is 5.91 Å². The molecule has 1 fully saturated rings. The van der Waals surface area contributed by atoms with E-state index in [-0.39, 0.29) is 12.6 Å². The van der Waals surface area contributed by atoms with E-state index < -0.39 is 24.7 Å². The Kier molecular flexibility index (Phi) is 4.84. The molecule has 1 heterocycles. The number of halogens is 3. The molecule has 4 nitrogen and oxygen atoms in total. The summed E-state index contributed by atoms with van der Waals surface area (Å²) in [5.74, 6) is -0.532. The Morgan fingerprint density at radius 2 is 2.05 bits per heavy atom. The van der Waals surface area contributed by atoms with E-state index in [1.807, 2.05) is 6.07 Å². The van der Waals surface area contributed by atoms with Gasteiger partial charge in [-0.05, 0) is 12.0 Å².